The van der Waals surface area contributed by atoms with E-state index in [1.165, 1.54) is 31.4 Å². The Morgan fingerprint density at radius 3 is 2.62 bits per heavy atom. The SMILES string of the molecule is CCC(NC(C)CCSC)C1CC1. The third-order valence-corrected chi connectivity index (χ3v) is 3.53. The molecule has 0 aromatic carbocycles. The maximum Gasteiger partial charge on any atom is 0.00951 e. The minimum atomic E-state index is 0.706. The summed E-state index contributed by atoms with van der Waals surface area (Å²) in [6.07, 6.45) is 7.71. The van der Waals surface area contributed by atoms with Crippen LogP contribution in [0, 0.1) is 5.92 Å². The van der Waals surface area contributed by atoms with Gasteiger partial charge < -0.3 is 5.32 Å². The summed E-state index contributed by atoms with van der Waals surface area (Å²) in [5, 5.41) is 3.75. The summed E-state index contributed by atoms with van der Waals surface area (Å²) in [7, 11) is 0. The van der Waals surface area contributed by atoms with Crippen LogP contribution in [0.25, 0.3) is 0 Å². The van der Waals surface area contributed by atoms with Crippen LogP contribution in [-0.4, -0.2) is 24.1 Å². The van der Waals surface area contributed by atoms with E-state index in [2.05, 4.69) is 25.4 Å². The molecule has 78 valence electrons. The predicted octanol–water partition coefficient (Wildman–Crippen LogP) is 2.91. The lowest BCUT2D eigenvalue weighted by Crippen LogP contribution is -2.37. The van der Waals surface area contributed by atoms with E-state index < -0.39 is 0 Å². The van der Waals surface area contributed by atoms with Crippen LogP contribution in [-0.2, 0) is 0 Å². The number of thioether (sulfide) groups is 1. The van der Waals surface area contributed by atoms with Gasteiger partial charge in [-0.15, -0.1) is 0 Å². The van der Waals surface area contributed by atoms with E-state index in [-0.39, 0.29) is 0 Å². The van der Waals surface area contributed by atoms with Crippen molar-refractivity contribution in [3.8, 4) is 0 Å². The second-order valence-electron chi connectivity index (χ2n) is 4.20. The molecule has 1 aliphatic rings. The standard InChI is InChI=1S/C11H23NS/c1-4-11(10-5-6-10)12-9(2)7-8-13-3/h9-12H,4-8H2,1-3H3. The van der Waals surface area contributed by atoms with Crippen LogP contribution in [0.1, 0.15) is 39.5 Å². The molecule has 2 atom stereocenters. The zero-order valence-electron chi connectivity index (χ0n) is 9.18. The smallest absolute Gasteiger partial charge is 0.00951 e. The molecule has 1 N–H and O–H groups in total. The van der Waals surface area contributed by atoms with E-state index in [4.69, 9.17) is 0 Å². The van der Waals surface area contributed by atoms with Crippen LogP contribution in [0.3, 0.4) is 0 Å². The van der Waals surface area contributed by atoms with Gasteiger partial charge in [0.2, 0.25) is 0 Å². The van der Waals surface area contributed by atoms with E-state index >= 15 is 0 Å². The molecule has 0 bridgehead atoms. The van der Waals surface area contributed by atoms with Gasteiger partial charge in [0, 0.05) is 12.1 Å². The number of hydrogen-bond donors (Lipinski definition) is 1. The zero-order valence-corrected chi connectivity index (χ0v) is 9.99. The maximum atomic E-state index is 3.75. The Kier molecular flexibility index (Phi) is 5.18. The first-order chi connectivity index (χ1) is 6.27. The Balaban J connectivity index is 2.12. The van der Waals surface area contributed by atoms with Gasteiger partial charge >= 0.3 is 0 Å². The fraction of sp³-hybridized carbons (Fsp3) is 1.00. The van der Waals surface area contributed by atoms with Crippen molar-refractivity contribution in [1.29, 1.82) is 0 Å². The number of hydrogen-bond acceptors (Lipinski definition) is 2. The van der Waals surface area contributed by atoms with Gasteiger partial charge in [-0.25, -0.2) is 0 Å². The molecule has 1 nitrogen and oxygen atoms in total. The molecule has 0 spiro atoms. The van der Waals surface area contributed by atoms with E-state index in [0.717, 1.165) is 12.0 Å². The summed E-state index contributed by atoms with van der Waals surface area (Å²) in [6.45, 7) is 4.62. The molecule has 1 aliphatic carbocycles. The number of rotatable bonds is 7. The van der Waals surface area contributed by atoms with E-state index in [9.17, 15) is 0 Å². The predicted molar refractivity (Wildman–Crippen MR) is 62.4 cm³/mol. The molecule has 1 saturated carbocycles. The summed E-state index contributed by atoms with van der Waals surface area (Å²) in [6, 6.07) is 1.51. The summed E-state index contributed by atoms with van der Waals surface area (Å²) >= 11 is 1.95. The van der Waals surface area contributed by atoms with Crippen molar-refractivity contribution in [2.24, 2.45) is 5.92 Å². The lowest BCUT2D eigenvalue weighted by Gasteiger charge is -2.21. The molecule has 0 amide bonds. The molecular weight excluding hydrogens is 178 g/mol. The molecule has 2 unspecified atom stereocenters. The van der Waals surface area contributed by atoms with Gasteiger partial charge in [0.15, 0.2) is 0 Å². The lowest BCUT2D eigenvalue weighted by atomic mass is 10.1. The zero-order chi connectivity index (χ0) is 9.68. The average Bonchev–Trinajstić information content (AvgIpc) is 2.94. The Bertz CT molecular complexity index is 134. The molecule has 0 aromatic heterocycles. The van der Waals surface area contributed by atoms with Gasteiger partial charge in [0.25, 0.3) is 0 Å². The van der Waals surface area contributed by atoms with Crippen LogP contribution in [0.4, 0.5) is 0 Å². The van der Waals surface area contributed by atoms with Crippen LogP contribution in [0.15, 0.2) is 0 Å². The number of nitrogens with one attached hydrogen (secondary N) is 1. The molecule has 1 fully saturated rings. The van der Waals surface area contributed by atoms with Gasteiger partial charge in [-0.3, -0.25) is 0 Å². The summed E-state index contributed by atoms with van der Waals surface area (Å²) in [4.78, 5) is 0. The van der Waals surface area contributed by atoms with Crippen LogP contribution < -0.4 is 5.32 Å². The van der Waals surface area contributed by atoms with Gasteiger partial charge in [-0.05, 0) is 50.5 Å². The van der Waals surface area contributed by atoms with Crippen molar-refractivity contribution < 1.29 is 0 Å². The lowest BCUT2D eigenvalue weighted by molar-refractivity contribution is 0.394. The monoisotopic (exact) mass is 201 g/mol. The minimum absolute atomic E-state index is 0.706. The highest BCUT2D eigenvalue weighted by Crippen LogP contribution is 2.34. The third-order valence-electron chi connectivity index (χ3n) is 2.88. The molecule has 0 radical (unpaired) electrons. The van der Waals surface area contributed by atoms with Crippen molar-refractivity contribution in [1.82, 2.24) is 5.32 Å². The van der Waals surface area contributed by atoms with Crippen molar-refractivity contribution >= 4 is 11.8 Å². The highest BCUT2D eigenvalue weighted by Gasteiger charge is 2.30. The van der Waals surface area contributed by atoms with Gasteiger partial charge in [0.05, 0.1) is 0 Å². The minimum Gasteiger partial charge on any atom is -0.311 e. The van der Waals surface area contributed by atoms with Crippen LogP contribution >= 0.6 is 11.8 Å². The normalized spacial score (nSPS) is 21.5. The molecule has 0 saturated heterocycles. The highest BCUT2D eigenvalue weighted by atomic mass is 32.2. The maximum absolute atomic E-state index is 3.75. The van der Waals surface area contributed by atoms with E-state index in [1.807, 2.05) is 11.8 Å². The molecular formula is C11H23NS. The molecule has 1 rings (SSSR count). The second kappa shape index (κ2) is 5.92. The molecule has 0 heterocycles. The second-order valence-corrected chi connectivity index (χ2v) is 5.19. The first-order valence-corrected chi connectivity index (χ1v) is 6.92. The summed E-state index contributed by atoms with van der Waals surface area (Å²) in [5.41, 5.74) is 0. The largest absolute Gasteiger partial charge is 0.311 e. The van der Waals surface area contributed by atoms with Gasteiger partial charge in [-0.1, -0.05) is 6.92 Å². The van der Waals surface area contributed by atoms with E-state index in [1.54, 1.807) is 0 Å². The first-order valence-electron chi connectivity index (χ1n) is 5.53. The first kappa shape index (κ1) is 11.4. The van der Waals surface area contributed by atoms with Crippen LogP contribution in [0.2, 0.25) is 0 Å². The molecule has 0 aromatic rings. The van der Waals surface area contributed by atoms with Crippen molar-refractivity contribution in [2.75, 3.05) is 12.0 Å². The van der Waals surface area contributed by atoms with Crippen molar-refractivity contribution in [3.63, 3.8) is 0 Å². The Morgan fingerprint density at radius 2 is 2.15 bits per heavy atom. The third kappa shape index (κ3) is 4.37. The van der Waals surface area contributed by atoms with Crippen molar-refractivity contribution in [3.05, 3.63) is 0 Å². The van der Waals surface area contributed by atoms with Gasteiger partial charge in [-0.2, -0.15) is 11.8 Å². The molecule has 2 heteroatoms. The fourth-order valence-electron chi connectivity index (χ4n) is 1.83. The van der Waals surface area contributed by atoms with Crippen LogP contribution in [0.5, 0.6) is 0 Å². The molecule has 0 aliphatic heterocycles. The Morgan fingerprint density at radius 1 is 1.46 bits per heavy atom. The Labute approximate surface area is 87.1 Å². The van der Waals surface area contributed by atoms with Crippen molar-refractivity contribution in [2.45, 2.75) is 51.6 Å². The highest BCUT2D eigenvalue weighted by molar-refractivity contribution is 7.98. The van der Waals surface area contributed by atoms with Gasteiger partial charge in [0.1, 0.15) is 0 Å². The topological polar surface area (TPSA) is 12.0 Å². The Hall–Kier alpha value is 0.310. The fourth-order valence-corrected chi connectivity index (χ4v) is 2.42. The summed E-state index contributed by atoms with van der Waals surface area (Å²) in [5.74, 6) is 2.29. The quantitative estimate of drug-likeness (QED) is 0.680. The molecule has 13 heavy (non-hydrogen) atoms. The van der Waals surface area contributed by atoms with E-state index in [0.29, 0.717) is 6.04 Å². The average molecular weight is 201 g/mol. The summed E-state index contributed by atoms with van der Waals surface area (Å²) < 4.78 is 0.